The lowest BCUT2D eigenvalue weighted by Crippen LogP contribution is -2.55. The zero-order valence-electron chi connectivity index (χ0n) is 11.9. The molecule has 0 bridgehead atoms. The summed E-state index contributed by atoms with van der Waals surface area (Å²) in [5, 5.41) is 9.30. The molecule has 1 aliphatic heterocycles. The van der Waals surface area contributed by atoms with E-state index in [2.05, 4.69) is 36.9 Å². The van der Waals surface area contributed by atoms with Crippen LogP contribution in [0.5, 0.6) is 0 Å². The van der Waals surface area contributed by atoms with E-state index in [9.17, 15) is 9.90 Å². The number of para-hydroxylation sites is 1. The van der Waals surface area contributed by atoms with Crippen molar-refractivity contribution in [3.05, 3.63) is 29.3 Å². The van der Waals surface area contributed by atoms with E-state index in [1.165, 1.54) is 16.8 Å². The van der Waals surface area contributed by atoms with E-state index in [1.54, 1.807) is 0 Å². The van der Waals surface area contributed by atoms with Crippen molar-refractivity contribution in [2.75, 3.05) is 31.6 Å². The minimum atomic E-state index is -0.737. The fraction of sp³-hybridized carbons (Fsp3) is 0.533. The molecule has 1 unspecified atom stereocenters. The summed E-state index contributed by atoms with van der Waals surface area (Å²) in [6, 6.07) is 5.89. The number of likely N-dealkylation sites (N-methyl/N-ethyl adjacent to an activating group) is 1. The van der Waals surface area contributed by atoms with Gasteiger partial charge in [0.1, 0.15) is 6.04 Å². The van der Waals surface area contributed by atoms with E-state index in [4.69, 9.17) is 0 Å². The van der Waals surface area contributed by atoms with E-state index in [0.717, 1.165) is 19.5 Å². The normalized spacial score (nSPS) is 20.6. The summed E-state index contributed by atoms with van der Waals surface area (Å²) in [6.07, 6.45) is 0.973. The second kappa shape index (κ2) is 5.61. The van der Waals surface area contributed by atoms with E-state index in [0.29, 0.717) is 6.54 Å². The first-order valence-electron chi connectivity index (χ1n) is 6.81. The van der Waals surface area contributed by atoms with E-state index < -0.39 is 12.0 Å². The summed E-state index contributed by atoms with van der Waals surface area (Å²) in [7, 11) is 1.88. The van der Waals surface area contributed by atoms with Gasteiger partial charge in [0.15, 0.2) is 0 Å². The molecule has 1 heterocycles. The molecule has 1 aliphatic rings. The molecule has 1 saturated heterocycles. The summed E-state index contributed by atoms with van der Waals surface area (Å²) in [4.78, 5) is 15.5. The smallest absolute Gasteiger partial charge is 0.322 e. The monoisotopic (exact) mass is 262 g/mol. The number of benzene rings is 1. The van der Waals surface area contributed by atoms with Crippen molar-refractivity contribution < 1.29 is 9.90 Å². The summed E-state index contributed by atoms with van der Waals surface area (Å²) in [5.74, 6) is -0.737. The van der Waals surface area contributed by atoms with Gasteiger partial charge in [-0.2, -0.15) is 0 Å². The number of carboxylic acid groups (broad SMARTS) is 1. The molecule has 0 spiro atoms. The van der Waals surface area contributed by atoms with Crippen LogP contribution in [-0.2, 0) is 11.2 Å². The summed E-state index contributed by atoms with van der Waals surface area (Å²) >= 11 is 0. The van der Waals surface area contributed by atoms with E-state index >= 15 is 0 Å². The van der Waals surface area contributed by atoms with Gasteiger partial charge in [-0.25, -0.2) is 0 Å². The zero-order chi connectivity index (χ0) is 14.0. The van der Waals surface area contributed by atoms with Crippen LogP contribution in [0.3, 0.4) is 0 Å². The molecule has 104 valence electrons. The summed E-state index contributed by atoms with van der Waals surface area (Å²) in [5.41, 5.74) is 3.76. The first kappa shape index (κ1) is 13.9. The number of carboxylic acids is 1. The van der Waals surface area contributed by atoms with Crippen molar-refractivity contribution in [2.24, 2.45) is 0 Å². The van der Waals surface area contributed by atoms with Crippen LogP contribution >= 0.6 is 0 Å². The van der Waals surface area contributed by atoms with Gasteiger partial charge in [-0.1, -0.05) is 25.1 Å². The first-order valence-corrected chi connectivity index (χ1v) is 6.81. The molecule has 0 aliphatic carbocycles. The maximum Gasteiger partial charge on any atom is 0.322 e. The molecular formula is C15H22N2O2. The highest BCUT2D eigenvalue weighted by atomic mass is 16.4. The molecule has 0 saturated carbocycles. The number of piperazine rings is 1. The lowest BCUT2D eigenvalue weighted by molar-refractivity contribution is -0.142. The predicted molar refractivity (Wildman–Crippen MR) is 76.8 cm³/mol. The Morgan fingerprint density at radius 2 is 2.16 bits per heavy atom. The van der Waals surface area contributed by atoms with Crippen molar-refractivity contribution in [2.45, 2.75) is 26.3 Å². The third kappa shape index (κ3) is 2.73. The van der Waals surface area contributed by atoms with Gasteiger partial charge in [0.25, 0.3) is 0 Å². The number of hydrogen-bond acceptors (Lipinski definition) is 3. The Morgan fingerprint density at radius 3 is 2.79 bits per heavy atom. The van der Waals surface area contributed by atoms with Crippen LogP contribution < -0.4 is 4.90 Å². The van der Waals surface area contributed by atoms with Gasteiger partial charge >= 0.3 is 5.97 Å². The Kier molecular flexibility index (Phi) is 4.10. The van der Waals surface area contributed by atoms with Crippen LogP contribution in [0.2, 0.25) is 0 Å². The topological polar surface area (TPSA) is 43.8 Å². The average molecular weight is 262 g/mol. The molecule has 2 rings (SSSR count). The number of nitrogens with zero attached hydrogens (tertiary/aromatic N) is 2. The van der Waals surface area contributed by atoms with Crippen LogP contribution in [0.1, 0.15) is 18.1 Å². The molecule has 0 amide bonds. The highest BCUT2D eigenvalue weighted by Gasteiger charge is 2.30. The van der Waals surface area contributed by atoms with Crippen LogP contribution in [0.25, 0.3) is 0 Å². The fourth-order valence-corrected chi connectivity index (χ4v) is 2.80. The van der Waals surface area contributed by atoms with Crippen molar-refractivity contribution in [1.82, 2.24) is 4.90 Å². The maximum atomic E-state index is 11.3. The molecule has 1 aromatic rings. The molecule has 1 N–H and O–H groups in total. The second-order valence-corrected chi connectivity index (χ2v) is 5.22. The molecule has 19 heavy (non-hydrogen) atoms. The standard InChI is InChI=1S/C15H22N2O2/c1-4-12-7-5-6-11(2)14(12)17-9-8-16(3)13(10-17)15(18)19/h5-7,13H,4,8-10H2,1-3H3,(H,18,19). The van der Waals surface area contributed by atoms with Gasteiger partial charge in [-0.15, -0.1) is 0 Å². The second-order valence-electron chi connectivity index (χ2n) is 5.22. The summed E-state index contributed by atoms with van der Waals surface area (Å²) < 4.78 is 0. The number of aliphatic carboxylic acids is 1. The third-order valence-corrected chi connectivity index (χ3v) is 3.95. The highest BCUT2D eigenvalue weighted by molar-refractivity contribution is 5.75. The van der Waals surface area contributed by atoms with Crippen molar-refractivity contribution >= 4 is 11.7 Å². The quantitative estimate of drug-likeness (QED) is 0.901. The van der Waals surface area contributed by atoms with E-state index in [-0.39, 0.29) is 0 Å². The Morgan fingerprint density at radius 1 is 1.42 bits per heavy atom. The average Bonchev–Trinajstić information content (AvgIpc) is 2.39. The minimum absolute atomic E-state index is 0.418. The Bertz CT molecular complexity index is 473. The van der Waals surface area contributed by atoms with Crippen molar-refractivity contribution in [3.8, 4) is 0 Å². The predicted octanol–water partition coefficient (Wildman–Crippen LogP) is 1.76. The van der Waals surface area contributed by atoms with Gasteiger partial charge < -0.3 is 10.0 Å². The molecule has 4 heteroatoms. The number of hydrogen-bond donors (Lipinski definition) is 1. The number of anilines is 1. The van der Waals surface area contributed by atoms with Gasteiger partial charge in [-0.05, 0) is 31.5 Å². The lowest BCUT2D eigenvalue weighted by Gasteiger charge is -2.40. The summed E-state index contributed by atoms with van der Waals surface area (Å²) in [6.45, 7) is 6.47. The van der Waals surface area contributed by atoms with Gasteiger partial charge in [-0.3, -0.25) is 9.69 Å². The molecular weight excluding hydrogens is 240 g/mol. The van der Waals surface area contributed by atoms with Gasteiger partial charge in [0, 0.05) is 25.3 Å². The first-order chi connectivity index (χ1) is 9.04. The third-order valence-electron chi connectivity index (χ3n) is 3.95. The van der Waals surface area contributed by atoms with Crippen molar-refractivity contribution in [1.29, 1.82) is 0 Å². The SMILES string of the molecule is CCc1cccc(C)c1N1CCN(C)C(C(=O)O)C1. The molecule has 4 nitrogen and oxygen atoms in total. The van der Waals surface area contributed by atoms with E-state index in [1.807, 2.05) is 11.9 Å². The highest BCUT2D eigenvalue weighted by Crippen LogP contribution is 2.27. The molecule has 1 atom stereocenters. The molecule has 1 aromatic carbocycles. The number of rotatable bonds is 3. The van der Waals surface area contributed by atoms with Crippen LogP contribution in [-0.4, -0.2) is 48.7 Å². The molecule has 0 radical (unpaired) electrons. The largest absolute Gasteiger partial charge is 0.480 e. The van der Waals surface area contributed by atoms with Gasteiger partial charge in [0.05, 0.1) is 0 Å². The number of carbonyl (C=O) groups is 1. The Labute approximate surface area is 114 Å². The Balaban J connectivity index is 2.30. The minimum Gasteiger partial charge on any atom is -0.480 e. The van der Waals surface area contributed by atoms with Crippen LogP contribution in [0, 0.1) is 6.92 Å². The maximum absolute atomic E-state index is 11.3. The lowest BCUT2D eigenvalue weighted by atomic mass is 10.0. The molecule has 1 fully saturated rings. The zero-order valence-corrected chi connectivity index (χ0v) is 11.9. The van der Waals surface area contributed by atoms with Crippen LogP contribution in [0.15, 0.2) is 18.2 Å². The Hall–Kier alpha value is -1.55. The number of aryl methyl sites for hydroxylation is 2. The fourth-order valence-electron chi connectivity index (χ4n) is 2.80. The van der Waals surface area contributed by atoms with Crippen molar-refractivity contribution in [3.63, 3.8) is 0 Å². The van der Waals surface area contributed by atoms with Crippen LogP contribution in [0.4, 0.5) is 5.69 Å². The molecule has 0 aromatic heterocycles. The van der Waals surface area contributed by atoms with Gasteiger partial charge in [0.2, 0.25) is 0 Å².